The Kier molecular flexibility index (Phi) is 10.8. The molecule has 0 spiro atoms. The van der Waals surface area contributed by atoms with Gasteiger partial charge >= 0.3 is 0 Å². The lowest BCUT2D eigenvalue weighted by Crippen LogP contribution is -2.41. The van der Waals surface area contributed by atoms with E-state index in [1.807, 2.05) is 24.3 Å². The second-order valence-electron chi connectivity index (χ2n) is 16.1. The number of likely N-dealkylation sites (N-methyl/N-ethyl adjacent to an activating group) is 1. The molecule has 3 aromatic heterocycles. The number of carbonyl (C=O) groups excluding carboxylic acids is 3. The fraction of sp³-hybridized carbons (Fsp3) is 0.452. The van der Waals surface area contributed by atoms with Crippen LogP contribution in [-0.4, -0.2) is 99.9 Å². The molecule has 18 heteroatoms. The van der Waals surface area contributed by atoms with E-state index in [0.717, 1.165) is 58.4 Å². The number of carbonyl (C=O) groups is 3. The maximum absolute atomic E-state index is 16.2. The number of imide groups is 1. The van der Waals surface area contributed by atoms with Gasteiger partial charge in [-0.1, -0.05) is 23.7 Å². The summed E-state index contributed by atoms with van der Waals surface area (Å²) in [7, 11) is 3.21. The van der Waals surface area contributed by atoms with Crippen LogP contribution in [0, 0.1) is 11.7 Å². The molecule has 4 aliphatic rings. The summed E-state index contributed by atoms with van der Waals surface area (Å²) in [6, 6.07) is 9.04. The minimum absolute atomic E-state index is 0.0744. The number of halogens is 2. The summed E-state index contributed by atoms with van der Waals surface area (Å²) < 4.78 is 30.8. The van der Waals surface area contributed by atoms with Crippen LogP contribution in [0.3, 0.4) is 0 Å². The van der Waals surface area contributed by atoms with Gasteiger partial charge in [0.15, 0.2) is 24.0 Å². The molecule has 0 aliphatic carbocycles. The smallest absolute Gasteiger partial charge is 0.293 e. The molecule has 16 nitrogen and oxygen atoms in total. The number of nitrogens with one attached hydrogen (secondary N) is 3. The Hall–Kier alpha value is -5.81. The number of aromatic nitrogens is 5. The minimum atomic E-state index is -0.575. The van der Waals surface area contributed by atoms with Gasteiger partial charge in [-0.25, -0.2) is 9.37 Å². The predicted octanol–water partition coefficient (Wildman–Crippen LogP) is 4.35. The highest BCUT2D eigenvalue weighted by Crippen LogP contribution is 2.38. The van der Waals surface area contributed by atoms with E-state index < -0.39 is 5.92 Å². The second-order valence-corrected chi connectivity index (χ2v) is 16.5. The molecule has 3 amide bonds. The molecule has 1 atom stereocenters. The molecule has 2 aromatic carbocycles. The van der Waals surface area contributed by atoms with E-state index in [1.54, 1.807) is 23.9 Å². The standard InChI is InChI=1S/C42H46ClFN10O6/c1-45-34(56)22-60-32-18-25-17-26(19-31-37(25)54(41(32)58)15-16-59-31)47-39-30(43)20-46-42(49-39)53-13-7-23(8-14-53)21-52-11-9-24(10-12-52)27-3-4-28-36(50-51(2)38(28)35(27)44)29-5-6-33(55)48-40(29)57/h3-4,17-20,23-24,29H,5-16,21-22H2,1-2H3,(H,45,56)(H,46,47,49)(H,48,55,57). The molecule has 60 heavy (non-hydrogen) atoms. The predicted molar refractivity (Wildman–Crippen MR) is 223 cm³/mol. The number of rotatable bonds is 10. The van der Waals surface area contributed by atoms with E-state index in [-0.39, 0.29) is 53.8 Å². The normalized spacial score (nSPS) is 19.1. The Balaban J connectivity index is 0.813. The molecular weight excluding hydrogens is 795 g/mol. The van der Waals surface area contributed by atoms with Gasteiger partial charge in [0.2, 0.25) is 17.8 Å². The third-order valence-electron chi connectivity index (χ3n) is 12.3. The zero-order valence-electron chi connectivity index (χ0n) is 33.4. The quantitative estimate of drug-likeness (QED) is 0.170. The highest BCUT2D eigenvalue weighted by Gasteiger charge is 2.34. The number of pyridine rings is 1. The maximum Gasteiger partial charge on any atom is 0.293 e. The molecule has 0 bridgehead atoms. The SMILES string of the molecule is CNC(=O)COc1cc2cc(Nc3nc(N4CCC(CN5CCC(c6ccc7c(C8CCC(=O)NC8=O)nn(C)c7c6F)CC5)CC4)ncc3Cl)cc3c2n(c1=O)CCO3. The van der Waals surface area contributed by atoms with Crippen molar-refractivity contribution in [3.8, 4) is 11.5 Å². The lowest BCUT2D eigenvalue weighted by Gasteiger charge is -2.38. The van der Waals surface area contributed by atoms with Gasteiger partial charge in [-0.15, -0.1) is 0 Å². The average Bonchev–Trinajstić information content (AvgIpc) is 3.59. The van der Waals surface area contributed by atoms with Crippen LogP contribution >= 0.6 is 11.6 Å². The number of likely N-dealkylation sites (tertiary alicyclic amines) is 1. The Labute approximate surface area is 349 Å². The van der Waals surface area contributed by atoms with Crippen LogP contribution in [0.25, 0.3) is 21.8 Å². The summed E-state index contributed by atoms with van der Waals surface area (Å²) in [5.41, 5.74) is 2.58. The van der Waals surface area contributed by atoms with Crippen LogP contribution in [0.5, 0.6) is 11.5 Å². The Morgan fingerprint density at radius 1 is 1.03 bits per heavy atom. The van der Waals surface area contributed by atoms with E-state index in [4.69, 9.17) is 26.1 Å². The molecule has 7 heterocycles. The largest absolute Gasteiger partial charge is 0.489 e. The van der Waals surface area contributed by atoms with Gasteiger partial charge in [-0.2, -0.15) is 10.1 Å². The fourth-order valence-corrected chi connectivity index (χ4v) is 9.30. The summed E-state index contributed by atoms with van der Waals surface area (Å²) in [6.07, 6.45) is 5.86. The maximum atomic E-state index is 16.2. The molecule has 314 valence electrons. The van der Waals surface area contributed by atoms with Gasteiger partial charge in [-0.05, 0) is 74.7 Å². The van der Waals surface area contributed by atoms with E-state index >= 15 is 4.39 Å². The lowest BCUT2D eigenvalue weighted by molar-refractivity contribution is -0.134. The van der Waals surface area contributed by atoms with Crippen molar-refractivity contribution in [2.45, 2.75) is 56.9 Å². The van der Waals surface area contributed by atoms with E-state index in [1.165, 1.54) is 11.7 Å². The number of piperidine rings is 3. The number of nitrogens with zero attached hydrogens (tertiary/aromatic N) is 7. The van der Waals surface area contributed by atoms with E-state index in [9.17, 15) is 19.2 Å². The van der Waals surface area contributed by atoms with Gasteiger partial charge in [0, 0.05) is 62.7 Å². The first kappa shape index (κ1) is 39.6. The zero-order valence-corrected chi connectivity index (χ0v) is 34.2. The van der Waals surface area contributed by atoms with Gasteiger partial charge in [0.1, 0.15) is 22.9 Å². The summed E-state index contributed by atoms with van der Waals surface area (Å²) in [5, 5.41) is 14.4. The monoisotopic (exact) mass is 840 g/mol. The third kappa shape index (κ3) is 7.59. The van der Waals surface area contributed by atoms with Crippen molar-refractivity contribution < 1.29 is 28.2 Å². The van der Waals surface area contributed by atoms with E-state index in [0.29, 0.717) is 86.8 Å². The van der Waals surface area contributed by atoms with Crippen molar-refractivity contribution >= 4 is 68.6 Å². The second kappa shape index (κ2) is 16.3. The number of aryl methyl sites for hydroxylation is 1. The molecule has 9 rings (SSSR count). The zero-order chi connectivity index (χ0) is 41.7. The number of anilines is 3. The molecule has 3 N–H and O–H groups in total. The lowest BCUT2D eigenvalue weighted by atomic mass is 9.86. The van der Waals surface area contributed by atoms with Crippen LogP contribution in [-0.2, 0) is 28.0 Å². The van der Waals surface area contributed by atoms with Gasteiger partial charge in [-0.3, -0.25) is 33.7 Å². The van der Waals surface area contributed by atoms with Crippen molar-refractivity contribution in [3.63, 3.8) is 0 Å². The van der Waals surface area contributed by atoms with Crippen LogP contribution in [0.4, 0.5) is 21.8 Å². The summed E-state index contributed by atoms with van der Waals surface area (Å²) in [4.78, 5) is 63.3. The highest BCUT2D eigenvalue weighted by atomic mass is 35.5. The Morgan fingerprint density at radius 2 is 1.83 bits per heavy atom. The molecular formula is C42H46ClFN10O6. The number of hydrogen-bond donors (Lipinski definition) is 3. The van der Waals surface area contributed by atoms with Crippen LogP contribution in [0.2, 0.25) is 5.02 Å². The Bertz CT molecular complexity index is 2580. The topological polar surface area (TPSA) is 178 Å². The first-order valence-electron chi connectivity index (χ1n) is 20.5. The van der Waals surface area contributed by atoms with Crippen molar-refractivity contribution in [2.24, 2.45) is 13.0 Å². The number of hydrogen-bond acceptors (Lipinski definition) is 12. The van der Waals surface area contributed by atoms with Crippen LogP contribution < -0.4 is 35.9 Å². The third-order valence-corrected chi connectivity index (χ3v) is 12.6. The van der Waals surface area contributed by atoms with E-state index in [2.05, 4.69) is 35.8 Å². The highest BCUT2D eigenvalue weighted by molar-refractivity contribution is 6.33. The van der Waals surface area contributed by atoms with Crippen LogP contribution in [0.1, 0.15) is 61.6 Å². The molecule has 3 saturated heterocycles. The first-order chi connectivity index (χ1) is 29.0. The molecule has 0 saturated carbocycles. The summed E-state index contributed by atoms with van der Waals surface area (Å²) in [6.45, 7) is 4.72. The van der Waals surface area contributed by atoms with Crippen molar-refractivity contribution in [3.05, 3.63) is 69.0 Å². The number of fused-ring (bicyclic) bond motifs is 1. The summed E-state index contributed by atoms with van der Waals surface area (Å²) in [5.74, 6) is 0.359. The van der Waals surface area contributed by atoms with Gasteiger partial charge in [0.05, 0.1) is 29.9 Å². The average molecular weight is 841 g/mol. The number of benzene rings is 2. The summed E-state index contributed by atoms with van der Waals surface area (Å²) >= 11 is 6.61. The minimum Gasteiger partial charge on any atom is -0.489 e. The number of amides is 3. The molecule has 3 fully saturated rings. The van der Waals surface area contributed by atoms with Crippen molar-refractivity contribution in [1.82, 2.24) is 39.8 Å². The van der Waals surface area contributed by atoms with Crippen molar-refractivity contribution in [2.75, 3.05) is 63.2 Å². The van der Waals surface area contributed by atoms with Gasteiger partial charge < -0.3 is 29.9 Å². The molecule has 4 aliphatic heterocycles. The van der Waals surface area contributed by atoms with Gasteiger partial charge in [0.25, 0.3) is 11.5 Å². The first-order valence-corrected chi connectivity index (χ1v) is 20.9. The molecule has 0 radical (unpaired) electrons. The molecule has 1 unspecified atom stereocenters. The van der Waals surface area contributed by atoms with Crippen molar-refractivity contribution in [1.29, 1.82) is 0 Å². The Morgan fingerprint density at radius 3 is 2.60 bits per heavy atom. The molecule has 5 aromatic rings. The van der Waals surface area contributed by atoms with Crippen LogP contribution in [0.15, 0.2) is 41.3 Å². The number of ether oxygens (including phenoxy) is 2. The fourth-order valence-electron chi connectivity index (χ4n) is 9.16.